The zero-order valence-electron chi connectivity index (χ0n) is 8.94. The Morgan fingerprint density at radius 1 is 1.44 bits per heavy atom. The van der Waals surface area contributed by atoms with Crippen molar-refractivity contribution in [2.75, 3.05) is 0 Å². The molecule has 0 aromatic carbocycles. The van der Waals surface area contributed by atoms with Crippen LogP contribution in [0.4, 0.5) is 0 Å². The summed E-state index contributed by atoms with van der Waals surface area (Å²) >= 11 is 1.76. The van der Waals surface area contributed by atoms with Crippen molar-refractivity contribution in [1.82, 2.24) is 20.5 Å². The highest BCUT2D eigenvalue weighted by molar-refractivity contribution is 7.09. The van der Waals surface area contributed by atoms with Crippen LogP contribution in [0.25, 0.3) is 0 Å². The van der Waals surface area contributed by atoms with Crippen LogP contribution in [0, 0.1) is 0 Å². The highest BCUT2D eigenvalue weighted by Gasteiger charge is 2.25. The monoisotopic (exact) mass is 234 g/mol. The quantitative estimate of drug-likeness (QED) is 0.832. The Balaban J connectivity index is 1.50. The molecule has 3 rings (SSSR count). The Kier molecular flexibility index (Phi) is 2.71. The van der Waals surface area contributed by atoms with E-state index < -0.39 is 0 Å². The van der Waals surface area contributed by atoms with Crippen LogP contribution in [-0.4, -0.2) is 15.2 Å². The van der Waals surface area contributed by atoms with Gasteiger partial charge in [0, 0.05) is 36.3 Å². The first-order valence-electron chi connectivity index (χ1n) is 5.55. The van der Waals surface area contributed by atoms with E-state index in [0.29, 0.717) is 0 Å². The minimum absolute atomic E-state index is 0.762. The van der Waals surface area contributed by atoms with Gasteiger partial charge in [0.25, 0.3) is 0 Å². The van der Waals surface area contributed by atoms with Gasteiger partial charge in [-0.1, -0.05) is 0 Å². The van der Waals surface area contributed by atoms with Gasteiger partial charge in [0.05, 0.1) is 5.69 Å². The number of aromatic amines is 1. The van der Waals surface area contributed by atoms with Crippen molar-refractivity contribution in [3.05, 3.63) is 34.0 Å². The fourth-order valence-electron chi connectivity index (χ4n) is 1.66. The summed E-state index contributed by atoms with van der Waals surface area (Å²) in [6.45, 7) is 1.66. The molecule has 1 fully saturated rings. The Morgan fingerprint density at radius 3 is 3.12 bits per heavy atom. The molecule has 2 aromatic heterocycles. The number of H-pyrrole nitrogens is 1. The average molecular weight is 234 g/mol. The van der Waals surface area contributed by atoms with E-state index in [9.17, 15) is 0 Å². The van der Waals surface area contributed by atoms with Gasteiger partial charge < -0.3 is 5.32 Å². The summed E-state index contributed by atoms with van der Waals surface area (Å²) in [6.07, 6.45) is 4.42. The average Bonchev–Trinajstić information content (AvgIpc) is 2.83. The molecule has 84 valence electrons. The van der Waals surface area contributed by atoms with Crippen molar-refractivity contribution < 1.29 is 0 Å². The minimum atomic E-state index is 0.762. The molecule has 2 N–H and O–H groups in total. The van der Waals surface area contributed by atoms with E-state index in [2.05, 4.69) is 25.9 Å². The van der Waals surface area contributed by atoms with Crippen LogP contribution in [-0.2, 0) is 13.1 Å². The van der Waals surface area contributed by atoms with Crippen LogP contribution in [0.2, 0.25) is 0 Å². The lowest BCUT2D eigenvalue weighted by atomic mass is 10.3. The van der Waals surface area contributed by atoms with Gasteiger partial charge in [-0.15, -0.1) is 11.3 Å². The third-order valence-corrected chi connectivity index (χ3v) is 3.58. The first kappa shape index (κ1) is 9.99. The van der Waals surface area contributed by atoms with Gasteiger partial charge in [-0.2, -0.15) is 5.10 Å². The maximum Gasteiger partial charge on any atom is 0.107 e. The zero-order chi connectivity index (χ0) is 10.8. The fraction of sp³-hybridized carbons (Fsp3) is 0.455. The van der Waals surface area contributed by atoms with Gasteiger partial charge in [0.1, 0.15) is 5.01 Å². The first-order chi connectivity index (χ1) is 7.92. The summed E-state index contributed by atoms with van der Waals surface area (Å²) in [6, 6.07) is 1.98. The zero-order valence-corrected chi connectivity index (χ0v) is 9.76. The number of aromatic nitrogens is 3. The molecule has 1 aliphatic carbocycles. The fourth-order valence-corrected chi connectivity index (χ4v) is 2.51. The summed E-state index contributed by atoms with van der Waals surface area (Å²) in [5.41, 5.74) is 2.40. The summed E-state index contributed by atoms with van der Waals surface area (Å²) in [5, 5.41) is 13.6. The third kappa shape index (κ3) is 2.31. The molecule has 0 unspecified atom stereocenters. The molecular weight excluding hydrogens is 220 g/mol. The van der Waals surface area contributed by atoms with Crippen LogP contribution in [0.1, 0.15) is 35.2 Å². The number of rotatable bonds is 5. The predicted molar refractivity (Wildman–Crippen MR) is 63.2 cm³/mol. The van der Waals surface area contributed by atoms with Crippen molar-refractivity contribution in [1.29, 1.82) is 0 Å². The van der Waals surface area contributed by atoms with Gasteiger partial charge in [-0.3, -0.25) is 5.10 Å². The number of hydrogen-bond donors (Lipinski definition) is 2. The molecule has 0 radical (unpaired) electrons. The molecule has 1 saturated carbocycles. The normalized spacial score (nSPS) is 15.5. The van der Waals surface area contributed by atoms with E-state index >= 15 is 0 Å². The van der Waals surface area contributed by atoms with E-state index in [1.54, 1.807) is 17.5 Å². The summed E-state index contributed by atoms with van der Waals surface area (Å²) in [4.78, 5) is 4.62. The van der Waals surface area contributed by atoms with Crippen LogP contribution >= 0.6 is 11.3 Å². The molecule has 0 spiro atoms. The lowest BCUT2D eigenvalue weighted by Crippen LogP contribution is -2.12. The number of nitrogens with zero attached hydrogens (tertiary/aromatic N) is 2. The predicted octanol–water partition coefficient (Wildman–Crippen LogP) is 2.03. The van der Waals surface area contributed by atoms with E-state index in [0.717, 1.165) is 24.7 Å². The summed E-state index contributed by atoms with van der Waals surface area (Å²) in [5.74, 6) is 0.762. The lowest BCUT2D eigenvalue weighted by Gasteiger charge is -1.99. The van der Waals surface area contributed by atoms with E-state index in [4.69, 9.17) is 0 Å². The number of hydrogen-bond acceptors (Lipinski definition) is 4. The smallest absolute Gasteiger partial charge is 0.107 e. The lowest BCUT2D eigenvalue weighted by molar-refractivity contribution is 0.672. The molecule has 0 saturated heterocycles. The molecule has 16 heavy (non-hydrogen) atoms. The van der Waals surface area contributed by atoms with Gasteiger partial charge in [0.15, 0.2) is 0 Å². The molecule has 0 aliphatic heterocycles. The highest BCUT2D eigenvalue weighted by atomic mass is 32.1. The Hall–Kier alpha value is -1.20. The molecule has 4 nitrogen and oxygen atoms in total. The molecule has 2 aromatic rings. The largest absolute Gasteiger partial charge is 0.305 e. The maximum absolute atomic E-state index is 4.62. The van der Waals surface area contributed by atoms with Crippen LogP contribution in [0.5, 0.6) is 0 Å². The standard InChI is InChI=1S/C11H14N4S/c1-2-8(1)10-7-16-11(14-10)6-12-5-9-3-4-13-15-9/h3-4,7-8,12H,1-2,5-6H2,(H,13,15). The molecule has 5 heteroatoms. The van der Waals surface area contributed by atoms with Crippen molar-refractivity contribution >= 4 is 11.3 Å². The third-order valence-electron chi connectivity index (χ3n) is 2.72. The summed E-state index contributed by atoms with van der Waals surface area (Å²) in [7, 11) is 0. The second kappa shape index (κ2) is 4.35. The number of nitrogens with one attached hydrogen (secondary N) is 2. The Bertz CT molecular complexity index is 444. The summed E-state index contributed by atoms with van der Waals surface area (Å²) < 4.78 is 0. The van der Waals surface area contributed by atoms with Crippen molar-refractivity contribution in [3.63, 3.8) is 0 Å². The van der Waals surface area contributed by atoms with E-state index in [1.807, 2.05) is 6.07 Å². The van der Waals surface area contributed by atoms with Gasteiger partial charge in [-0.25, -0.2) is 4.98 Å². The van der Waals surface area contributed by atoms with Crippen LogP contribution < -0.4 is 5.32 Å². The Labute approximate surface area is 98.1 Å². The SMILES string of the molecule is c1cc(CNCc2nc(C3CC3)cs2)[nH]n1. The second-order valence-electron chi connectivity index (χ2n) is 4.13. The van der Waals surface area contributed by atoms with Crippen molar-refractivity contribution in [3.8, 4) is 0 Å². The highest BCUT2D eigenvalue weighted by Crippen LogP contribution is 2.40. The first-order valence-corrected chi connectivity index (χ1v) is 6.43. The van der Waals surface area contributed by atoms with Crippen molar-refractivity contribution in [2.24, 2.45) is 0 Å². The van der Waals surface area contributed by atoms with Gasteiger partial charge in [0.2, 0.25) is 0 Å². The van der Waals surface area contributed by atoms with E-state index in [-0.39, 0.29) is 0 Å². The number of thiazole rings is 1. The second-order valence-corrected chi connectivity index (χ2v) is 5.07. The molecular formula is C11H14N4S. The molecule has 0 atom stereocenters. The van der Waals surface area contributed by atoms with Crippen molar-refractivity contribution in [2.45, 2.75) is 31.8 Å². The van der Waals surface area contributed by atoms with Gasteiger partial charge in [-0.05, 0) is 18.9 Å². The molecule has 1 aliphatic rings. The minimum Gasteiger partial charge on any atom is -0.305 e. The molecule has 0 amide bonds. The van der Waals surface area contributed by atoms with Crippen LogP contribution in [0.15, 0.2) is 17.6 Å². The Morgan fingerprint density at radius 2 is 2.38 bits per heavy atom. The topological polar surface area (TPSA) is 53.6 Å². The molecule has 2 heterocycles. The van der Waals surface area contributed by atoms with Crippen LogP contribution in [0.3, 0.4) is 0 Å². The van der Waals surface area contributed by atoms with E-state index in [1.165, 1.54) is 23.5 Å². The maximum atomic E-state index is 4.62. The molecule has 0 bridgehead atoms. The van der Waals surface area contributed by atoms with Gasteiger partial charge >= 0.3 is 0 Å².